The number of aliphatic carboxylic acids is 1. The minimum absolute atomic E-state index is 0.0458. The number of hydrogen-bond donors (Lipinski definition) is 1. The van der Waals surface area contributed by atoms with Crippen molar-refractivity contribution in [3.8, 4) is 11.5 Å². The largest absolute Gasteiger partial charge is 0.493 e. The Kier molecular flexibility index (Phi) is 4.63. The highest BCUT2D eigenvalue weighted by molar-refractivity contribution is 6.32. The van der Waals surface area contributed by atoms with E-state index in [0.717, 1.165) is 0 Å². The zero-order valence-corrected chi connectivity index (χ0v) is 12.0. The molecular weight excluding hydrogens is 275 g/mol. The van der Waals surface area contributed by atoms with Gasteiger partial charge in [-0.2, -0.15) is 4.39 Å². The van der Waals surface area contributed by atoms with Gasteiger partial charge in [-0.05, 0) is 26.3 Å². The van der Waals surface area contributed by atoms with Gasteiger partial charge in [0.05, 0.1) is 24.7 Å². The molecule has 0 saturated carbocycles. The maximum atomic E-state index is 14.1. The standard InChI is InChI=1S/C13H16ClFO4/c1-13(2,12(16)17)6-7-5-8(14)11(19-4)9(15)10(7)18-3/h5H,6H2,1-4H3,(H,16,17). The van der Waals surface area contributed by atoms with E-state index in [4.69, 9.17) is 26.2 Å². The number of benzene rings is 1. The predicted molar refractivity (Wildman–Crippen MR) is 69.6 cm³/mol. The molecule has 0 radical (unpaired) electrons. The van der Waals surface area contributed by atoms with Crippen molar-refractivity contribution < 1.29 is 23.8 Å². The van der Waals surface area contributed by atoms with Gasteiger partial charge in [-0.25, -0.2) is 0 Å². The van der Waals surface area contributed by atoms with Crippen LogP contribution in [0.25, 0.3) is 0 Å². The number of rotatable bonds is 5. The highest BCUT2D eigenvalue weighted by Crippen LogP contribution is 2.39. The minimum Gasteiger partial charge on any atom is -0.493 e. The average Bonchev–Trinajstić information content (AvgIpc) is 2.28. The fourth-order valence-electron chi connectivity index (χ4n) is 1.72. The van der Waals surface area contributed by atoms with Crippen LogP contribution in [0.5, 0.6) is 11.5 Å². The normalized spacial score (nSPS) is 11.3. The summed E-state index contributed by atoms with van der Waals surface area (Å²) in [5, 5.41) is 9.19. The second kappa shape index (κ2) is 5.65. The molecule has 0 saturated heterocycles. The molecule has 1 aromatic carbocycles. The molecule has 0 aliphatic rings. The molecule has 0 aromatic heterocycles. The van der Waals surface area contributed by atoms with Crippen LogP contribution in [0.2, 0.25) is 5.02 Å². The first kappa shape index (κ1) is 15.6. The van der Waals surface area contributed by atoms with Crippen LogP contribution in [0.3, 0.4) is 0 Å². The third-order valence-electron chi connectivity index (χ3n) is 2.83. The maximum Gasteiger partial charge on any atom is 0.309 e. The molecule has 0 atom stereocenters. The van der Waals surface area contributed by atoms with Gasteiger partial charge >= 0.3 is 5.97 Å². The molecule has 106 valence electrons. The lowest BCUT2D eigenvalue weighted by Gasteiger charge is -2.21. The molecule has 0 amide bonds. The minimum atomic E-state index is -1.06. The fourth-order valence-corrected chi connectivity index (χ4v) is 2.02. The van der Waals surface area contributed by atoms with E-state index in [2.05, 4.69) is 0 Å². The van der Waals surface area contributed by atoms with Gasteiger partial charge in [0.25, 0.3) is 0 Å². The van der Waals surface area contributed by atoms with Crippen molar-refractivity contribution in [2.45, 2.75) is 20.3 Å². The van der Waals surface area contributed by atoms with Crippen LogP contribution in [0.4, 0.5) is 4.39 Å². The van der Waals surface area contributed by atoms with Gasteiger partial charge < -0.3 is 14.6 Å². The number of carboxylic acid groups (broad SMARTS) is 1. The second-order valence-electron chi connectivity index (χ2n) is 4.76. The summed E-state index contributed by atoms with van der Waals surface area (Å²) in [5.74, 6) is -1.87. The Balaban J connectivity index is 3.33. The molecule has 0 unspecified atom stereocenters. The Labute approximate surface area is 116 Å². The van der Waals surface area contributed by atoms with Gasteiger partial charge in [-0.1, -0.05) is 11.6 Å². The first-order valence-electron chi connectivity index (χ1n) is 5.56. The fraction of sp³-hybridized carbons (Fsp3) is 0.462. The van der Waals surface area contributed by atoms with Crippen LogP contribution < -0.4 is 9.47 Å². The molecule has 0 fully saturated rings. The van der Waals surface area contributed by atoms with E-state index in [0.29, 0.717) is 5.56 Å². The summed E-state index contributed by atoms with van der Waals surface area (Å²) in [6.45, 7) is 3.09. The quantitative estimate of drug-likeness (QED) is 0.905. The molecule has 0 heterocycles. The summed E-state index contributed by atoms with van der Waals surface area (Å²) < 4.78 is 23.9. The summed E-state index contributed by atoms with van der Waals surface area (Å²) in [6.07, 6.45) is 0.0894. The summed E-state index contributed by atoms with van der Waals surface area (Å²) in [7, 11) is 2.60. The highest BCUT2D eigenvalue weighted by Gasteiger charge is 2.30. The Hall–Kier alpha value is -1.49. The van der Waals surface area contributed by atoms with Crippen LogP contribution in [-0.4, -0.2) is 25.3 Å². The molecule has 4 nitrogen and oxygen atoms in total. The van der Waals surface area contributed by atoms with E-state index in [1.54, 1.807) is 13.8 Å². The van der Waals surface area contributed by atoms with E-state index < -0.39 is 17.2 Å². The predicted octanol–water partition coefficient (Wildman–Crippen LogP) is 3.15. The Morgan fingerprint density at radius 1 is 1.37 bits per heavy atom. The van der Waals surface area contributed by atoms with Crippen molar-refractivity contribution in [3.63, 3.8) is 0 Å². The van der Waals surface area contributed by atoms with Crippen molar-refractivity contribution in [2.24, 2.45) is 5.41 Å². The van der Waals surface area contributed by atoms with E-state index in [9.17, 15) is 9.18 Å². The van der Waals surface area contributed by atoms with Crippen LogP contribution in [0, 0.1) is 11.2 Å². The van der Waals surface area contributed by atoms with Crippen molar-refractivity contribution in [3.05, 3.63) is 22.5 Å². The van der Waals surface area contributed by atoms with Gasteiger partial charge in [0, 0.05) is 5.56 Å². The Bertz CT molecular complexity index is 500. The smallest absolute Gasteiger partial charge is 0.309 e. The number of ether oxygens (including phenoxy) is 2. The number of methoxy groups -OCH3 is 2. The molecule has 1 aromatic rings. The topological polar surface area (TPSA) is 55.8 Å². The van der Waals surface area contributed by atoms with Gasteiger partial charge in [0.2, 0.25) is 5.82 Å². The molecule has 19 heavy (non-hydrogen) atoms. The zero-order valence-electron chi connectivity index (χ0n) is 11.2. The van der Waals surface area contributed by atoms with Crippen molar-refractivity contribution in [2.75, 3.05) is 14.2 Å². The van der Waals surface area contributed by atoms with Gasteiger partial charge in [0.1, 0.15) is 0 Å². The molecule has 6 heteroatoms. The number of hydrogen-bond acceptors (Lipinski definition) is 3. The summed E-state index contributed by atoms with van der Waals surface area (Å²) in [4.78, 5) is 11.1. The molecule has 1 N–H and O–H groups in total. The maximum absolute atomic E-state index is 14.1. The first-order valence-corrected chi connectivity index (χ1v) is 5.94. The van der Waals surface area contributed by atoms with E-state index in [-0.39, 0.29) is 22.9 Å². The average molecular weight is 291 g/mol. The highest BCUT2D eigenvalue weighted by atomic mass is 35.5. The molecule has 0 aliphatic carbocycles. The third-order valence-corrected chi connectivity index (χ3v) is 3.11. The molecule has 0 bridgehead atoms. The molecule has 1 rings (SSSR count). The summed E-state index contributed by atoms with van der Waals surface area (Å²) in [5.41, 5.74) is -0.671. The lowest BCUT2D eigenvalue weighted by Crippen LogP contribution is -2.26. The molecule has 0 spiro atoms. The van der Waals surface area contributed by atoms with Crippen LogP contribution in [-0.2, 0) is 11.2 Å². The lowest BCUT2D eigenvalue weighted by molar-refractivity contribution is -0.146. The Morgan fingerprint density at radius 2 is 1.89 bits per heavy atom. The molecular formula is C13H16ClFO4. The number of carboxylic acids is 1. The zero-order chi connectivity index (χ0) is 14.8. The Morgan fingerprint density at radius 3 is 2.32 bits per heavy atom. The van der Waals surface area contributed by atoms with Crippen LogP contribution in [0.1, 0.15) is 19.4 Å². The van der Waals surface area contributed by atoms with E-state index in [1.165, 1.54) is 20.3 Å². The van der Waals surface area contributed by atoms with E-state index >= 15 is 0 Å². The van der Waals surface area contributed by atoms with Crippen molar-refractivity contribution >= 4 is 17.6 Å². The van der Waals surface area contributed by atoms with Crippen LogP contribution >= 0.6 is 11.6 Å². The molecule has 0 aliphatic heterocycles. The lowest BCUT2D eigenvalue weighted by atomic mass is 9.85. The van der Waals surface area contributed by atoms with Crippen molar-refractivity contribution in [1.29, 1.82) is 0 Å². The third kappa shape index (κ3) is 3.10. The van der Waals surface area contributed by atoms with E-state index in [1.807, 2.05) is 0 Å². The van der Waals surface area contributed by atoms with Crippen LogP contribution in [0.15, 0.2) is 6.07 Å². The second-order valence-corrected chi connectivity index (χ2v) is 5.17. The number of halogens is 2. The first-order chi connectivity index (χ1) is 8.74. The van der Waals surface area contributed by atoms with Gasteiger partial charge in [-0.15, -0.1) is 0 Å². The number of carbonyl (C=O) groups is 1. The monoisotopic (exact) mass is 290 g/mol. The summed E-state index contributed by atoms with van der Waals surface area (Å²) >= 11 is 5.90. The van der Waals surface area contributed by atoms with Crippen molar-refractivity contribution in [1.82, 2.24) is 0 Å². The van der Waals surface area contributed by atoms with Gasteiger partial charge in [0.15, 0.2) is 11.5 Å². The SMILES string of the molecule is COc1c(Cl)cc(CC(C)(C)C(=O)O)c(OC)c1F. The van der Waals surface area contributed by atoms with Gasteiger partial charge in [-0.3, -0.25) is 4.79 Å². The summed E-state index contributed by atoms with van der Waals surface area (Å²) in [6, 6.07) is 1.47.